The summed E-state index contributed by atoms with van der Waals surface area (Å²) in [6.07, 6.45) is 0. The van der Waals surface area contributed by atoms with E-state index in [2.05, 4.69) is 5.32 Å². The number of nitrogens with two attached hydrogens (primary N) is 1. The summed E-state index contributed by atoms with van der Waals surface area (Å²) in [6, 6.07) is 14.4. The summed E-state index contributed by atoms with van der Waals surface area (Å²) in [4.78, 5) is 12.3. The monoisotopic (exact) mass is 310 g/mol. The van der Waals surface area contributed by atoms with Crippen LogP contribution in [0.1, 0.15) is 16.1 Å². The van der Waals surface area contributed by atoms with E-state index in [1.165, 1.54) is 12.1 Å². The molecule has 0 atom stereocenters. The second-order valence-corrected chi connectivity index (χ2v) is 5.20. The minimum atomic E-state index is -0.368. The van der Waals surface area contributed by atoms with Gasteiger partial charge >= 0.3 is 0 Å². The topological polar surface area (TPSA) is 68.3 Å². The van der Waals surface area contributed by atoms with Gasteiger partial charge in [-0.15, -0.1) is 0 Å². The normalized spacial score (nSPS) is 10.5. The van der Waals surface area contributed by atoms with Crippen LogP contribution in [-0.2, 0) is 0 Å². The first kappa shape index (κ1) is 14.8. The van der Waals surface area contributed by atoms with Crippen molar-refractivity contribution in [2.24, 2.45) is 0 Å². The van der Waals surface area contributed by atoms with Crippen LogP contribution in [0.3, 0.4) is 0 Å². The molecular formula is C18H15FN2O2. The standard InChI is InChI=1S/C18H15FN2O2/c1-11-2-7-14(20)10-15(11)21-18(22)17-9-8-16(23-17)12-3-5-13(19)6-4-12/h2-10H,20H2,1H3,(H,21,22). The molecule has 23 heavy (non-hydrogen) atoms. The Kier molecular flexibility index (Phi) is 3.85. The van der Waals surface area contributed by atoms with Gasteiger partial charge in [0.15, 0.2) is 5.76 Å². The molecular weight excluding hydrogens is 295 g/mol. The highest BCUT2D eigenvalue weighted by atomic mass is 19.1. The minimum Gasteiger partial charge on any atom is -0.451 e. The first-order valence-corrected chi connectivity index (χ1v) is 7.06. The third kappa shape index (κ3) is 3.23. The third-order valence-corrected chi connectivity index (χ3v) is 3.47. The summed E-state index contributed by atoms with van der Waals surface area (Å²) in [5.74, 6) is -0.0203. The summed E-state index contributed by atoms with van der Waals surface area (Å²) in [7, 11) is 0. The Bertz CT molecular complexity index is 854. The molecule has 1 amide bonds. The Morgan fingerprint density at radius 2 is 1.83 bits per heavy atom. The predicted molar refractivity (Wildman–Crippen MR) is 87.6 cm³/mol. The van der Waals surface area contributed by atoms with Crippen LogP contribution in [0.15, 0.2) is 59.0 Å². The highest BCUT2D eigenvalue weighted by molar-refractivity contribution is 6.03. The van der Waals surface area contributed by atoms with Crippen LogP contribution in [0.2, 0.25) is 0 Å². The first-order chi connectivity index (χ1) is 11.0. The van der Waals surface area contributed by atoms with Crippen LogP contribution in [0.25, 0.3) is 11.3 Å². The van der Waals surface area contributed by atoms with E-state index >= 15 is 0 Å². The molecule has 0 bridgehead atoms. The molecule has 3 N–H and O–H groups in total. The lowest BCUT2D eigenvalue weighted by atomic mass is 10.2. The second kappa shape index (κ2) is 5.96. The molecule has 1 aromatic heterocycles. The molecule has 1 heterocycles. The molecule has 0 aliphatic carbocycles. The van der Waals surface area contributed by atoms with Crippen molar-refractivity contribution >= 4 is 17.3 Å². The minimum absolute atomic E-state index is 0.172. The molecule has 116 valence electrons. The number of nitrogen functional groups attached to an aromatic ring is 1. The third-order valence-electron chi connectivity index (χ3n) is 3.47. The maximum Gasteiger partial charge on any atom is 0.291 e. The van der Waals surface area contributed by atoms with Crippen molar-refractivity contribution in [2.45, 2.75) is 6.92 Å². The van der Waals surface area contributed by atoms with Crippen molar-refractivity contribution in [1.82, 2.24) is 0 Å². The molecule has 5 heteroatoms. The molecule has 0 aliphatic rings. The number of benzene rings is 2. The van der Waals surface area contributed by atoms with E-state index in [0.717, 1.165) is 5.56 Å². The van der Waals surface area contributed by atoms with Crippen LogP contribution in [0, 0.1) is 12.7 Å². The van der Waals surface area contributed by atoms with Gasteiger partial charge in [0, 0.05) is 16.9 Å². The molecule has 3 aromatic rings. The molecule has 0 aliphatic heterocycles. The summed E-state index contributed by atoms with van der Waals surface area (Å²) in [6.45, 7) is 1.88. The average Bonchev–Trinajstić information content (AvgIpc) is 3.02. The second-order valence-electron chi connectivity index (χ2n) is 5.20. The van der Waals surface area contributed by atoms with E-state index in [0.29, 0.717) is 22.7 Å². The Morgan fingerprint density at radius 3 is 2.57 bits per heavy atom. The Labute approximate surface area is 132 Å². The maximum absolute atomic E-state index is 12.9. The number of anilines is 2. The SMILES string of the molecule is Cc1ccc(N)cc1NC(=O)c1ccc(-c2ccc(F)cc2)o1. The lowest BCUT2D eigenvalue weighted by Crippen LogP contribution is -2.12. The number of nitrogens with one attached hydrogen (secondary N) is 1. The lowest BCUT2D eigenvalue weighted by Gasteiger charge is -2.07. The number of rotatable bonds is 3. The van der Waals surface area contributed by atoms with Gasteiger partial charge in [0.1, 0.15) is 11.6 Å². The number of furan rings is 1. The van der Waals surface area contributed by atoms with Crippen molar-refractivity contribution in [2.75, 3.05) is 11.1 Å². The summed E-state index contributed by atoms with van der Waals surface area (Å²) < 4.78 is 18.5. The van der Waals surface area contributed by atoms with Crippen LogP contribution in [-0.4, -0.2) is 5.91 Å². The number of hydrogen-bond acceptors (Lipinski definition) is 3. The number of aryl methyl sites for hydroxylation is 1. The summed E-state index contributed by atoms with van der Waals surface area (Å²) >= 11 is 0. The Morgan fingerprint density at radius 1 is 1.09 bits per heavy atom. The molecule has 0 spiro atoms. The van der Waals surface area contributed by atoms with Gasteiger partial charge in [-0.2, -0.15) is 0 Å². The van der Waals surface area contributed by atoms with Crippen LogP contribution in [0.5, 0.6) is 0 Å². The quantitative estimate of drug-likeness (QED) is 0.711. The van der Waals surface area contributed by atoms with Crippen molar-refractivity contribution in [1.29, 1.82) is 0 Å². The van der Waals surface area contributed by atoms with E-state index < -0.39 is 0 Å². The number of halogens is 1. The molecule has 0 saturated carbocycles. The van der Waals surface area contributed by atoms with Gasteiger partial charge in [-0.1, -0.05) is 6.07 Å². The van der Waals surface area contributed by atoms with Crippen LogP contribution < -0.4 is 11.1 Å². The number of carbonyl (C=O) groups excluding carboxylic acids is 1. The Hall–Kier alpha value is -3.08. The van der Waals surface area contributed by atoms with Crippen molar-refractivity contribution in [3.05, 3.63) is 71.7 Å². The summed E-state index contributed by atoms with van der Waals surface area (Å²) in [5, 5.41) is 2.77. The fourth-order valence-electron chi connectivity index (χ4n) is 2.19. The van der Waals surface area contributed by atoms with Crippen molar-refractivity contribution in [3.8, 4) is 11.3 Å². The largest absolute Gasteiger partial charge is 0.451 e. The first-order valence-electron chi connectivity index (χ1n) is 7.06. The van der Waals surface area contributed by atoms with E-state index in [-0.39, 0.29) is 17.5 Å². The van der Waals surface area contributed by atoms with E-state index in [9.17, 15) is 9.18 Å². The highest BCUT2D eigenvalue weighted by Gasteiger charge is 2.13. The zero-order valence-corrected chi connectivity index (χ0v) is 12.5. The van der Waals surface area contributed by atoms with Crippen LogP contribution >= 0.6 is 0 Å². The van der Waals surface area contributed by atoms with E-state index in [1.807, 2.05) is 13.0 Å². The molecule has 4 nitrogen and oxygen atoms in total. The summed E-state index contributed by atoms with van der Waals surface area (Å²) in [5.41, 5.74) is 8.53. The number of carbonyl (C=O) groups is 1. The van der Waals surface area contributed by atoms with Crippen molar-refractivity contribution in [3.63, 3.8) is 0 Å². The molecule has 0 radical (unpaired) electrons. The van der Waals surface area contributed by atoms with Gasteiger partial charge in [0.2, 0.25) is 0 Å². The van der Waals surface area contributed by atoms with Gasteiger partial charge in [0.25, 0.3) is 5.91 Å². The van der Waals surface area contributed by atoms with Gasteiger partial charge in [0.05, 0.1) is 0 Å². The predicted octanol–water partition coefficient (Wildman–Crippen LogP) is 4.23. The number of hydrogen-bond donors (Lipinski definition) is 2. The van der Waals surface area contributed by atoms with Gasteiger partial charge < -0.3 is 15.5 Å². The van der Waals surface area contributed by atoms with E-state index in [4.69, 9.17) is 10.2 Å². The smallest absolute Gasteiger partial charge is 0.291 e. The Balaban J connectivity index is 1.81. The molecule has 0 fully saturated rings. The molecule has 3 rings (SSSR count). The molecule has 0 unspecified atom stereocenters. The van der Waals surface area contributed by atoms with Gasteiger partial charge in [-0.05, 0) is 61.0 Å². The number of amides is 1. The van der Waals surface area contributed by atoms with Gasteiger partial charge in [-0.25, -0.2) is 4.39 Å². The maximum atomic E-state index is 12.9. The average molecular weight is 310 g/mol. The van der Waals surface area contributed by atoms with E-state index in [1.54, 1.807) is 36.4 Å². The highest BCUT2D eigenvalue weighted by Crippen LogP contribution is 2.24. The fourth-order valence-corrected chi connectivity index (χ4v) is 2.19. The molecule has 0 saturated heterocycles. The van der Waals surface area contributed by atoms with Crippen molar-refractivity contribution < 1.29 is 13.6 Å². The van der Waals surface area contributed by atoms with Gasteiger partial charge in [-0.3, -0.25) is 4.79 Å². The van der Waals surface area contributed by atoms with Crippen LogP contribution in [0.4, 0.5) is 15.8 Å². The fraction of sp³-hybridized carbons (Fsp3) is 0.0556. The lowest BCUT2D eigenvalue weighted by molar-refractivity contribution is 0.0997. The zero-order valence-electron chi connectivity index (χ0n) is 12.5. The zero-order chi connectivity index (χ0) is 16.4. The molecule has 2 aromatic carbocycles.